The highest BCUT2D eigenvalue weighted by molar-refractivity contribution is 5.95. The monoisotopic (exact) mass is 314 g/mol. The van der Waals surface area contributed by atoms with Crippen LogP contribution in [0.3, 0.4) is 0 Å². The lowest BCUT2D eigenvalue weighted by Gasteiger charge is -2.07. The molecule has 0 spiro atoms. The molecule has 1 N–H and O–H groups in total. The Labute approximate surface area is 132 Å². The number of benzene rings is 2. The van der Waals surface area contributed by atoms with Crippen LogP contribution in [0.5, 0.6) is 0 Å². The van der Waals surface area contributed by atoms with E-state index in [0.29, 0.717) is 5.69 Å². The predicted molar refractivity (Wildman–Crippen MR) is 83.2 cm³/mol. The molecule has 0 fully saturated rings. The summed E-state index contributed by atoms with van der Waals surface area (Å²) in [6.07, 6.45) is 0. The van der Waals surface area contributed by atoms with E-state index in [1.807, 2.05) is 19.1 Å². The van der Waals surface area contributed by atoms with Gasteiger partial charge >= 0.3 is 5.97 Å². The summed E-state index contributed by atoms with van der Waals surface area (Å²) in [4.78, 5) is 33.4. The number of rotatable bonds is 5. The Hall–Kier alpha value is -3.22. The molecule has 7 heteroatoms. The highest BCUT2D eigenvalue weighted by atomic mass is 16.6. The van der Waals surface area contributed by atoms with Crippen LogP contribution in [0.25, 0.3) is 0 Å². The van der Waals surface area contributed by atoms with Crippen LogP contribution in [0.4, 0.5) is 11.4 Å². The van der Waals surface area contributed by atoms with E-state index in [0.717, 1.165) is 5.56 Å². The Morgan fingerprint density at radius 1 is 1.09 bits per heavy atom. The smallest absolute Gasteiger partial charge is 0.338 e. The average molecular weight is 314 g/mol. The van der Waals surface area contributed by atoms with Gasteiger partial charge in [0.05, 0.1) is 10.5 Å². The van der Waals surface area contributed by atoms with Gasteiger partial charge in [-0.15, -0.1) is 0 Å². The number of ether oxygens (including phenoxy) is 1. The number of hydrogen-bond acceptors (Lipinski definition) is 5. The minimum Gasteiger partial charge on any atom is -0.452 e. The quantitative estimate of drug-likeness (QED) is 0.519. The number of hydrogen-bond donors (Lipinski definition) is 1. The third-order valence-electron chi connectivity index (χ3n) is 2.98. The summed E-state index contributed by atoms with van der Waals surface area (Å²) in [7, 11) is 0. The summed E-state index contributed by atoms with van der Waals surface area (Å²) >= 11 is 0. The Balaban J connectivity index is 1.87. The van der Waals surface area contributed by atoms with E-state index in [9.17, 15) is 19.7 Å². The average Bonchev–Trinajstić information content (AvgIpc) is 2.55. The molecule has 7 nitrogen and oxygen atoms in total. The molecule has 0 aliphatic rings. The van der Waals surface area contributed by atoms with E-state index >= 15 is 0 Å². The van der Waals surface area contributed by atoms with Gasteiger partial charge in [-0.25, -0.2) is 4.79 Å². The molecular formula is C16H14N2O5. The molecule has 0 saturated heterocycles. The van der Waals surface area contributed by atoms with Crippen molar-refractivity contribution < 1.29 is 19.2 Å². The molecule has 0 saturated carbocycles. The minimum atomic E-state index is -0.723. The van der Waals surface area contributed by atoms with Crippen LogP contribution >= 0.6 is 0 Å². The lowest BCUT2D eigenvalue weighted by Crippen LogP contribution is -2.20. The second-order valence-electron chi connectivity index (χ2n) is 4.79. The van der Waals surface area contributed by atoms with Crippen molar-refractivity contribution in [2.24, 2.45) is 0 Å². The molecule has 0 bridgehead atoms. The first-order chi connectivity index (χ1) is 11.0. The van der Waals surface area contributed by atoms with E-state index in [2.05, 4.69) is 5.32 Å². The van der Waals surface area contributed by atoms with Crippen molar-refractivity contribution in [3.05, 3.63) is 69.8 Å². The van der Waals surface area contributed by atoms with Gasteiger partial charge in [-0.3, -0.25) is 14.9 Å². The molecule has 23 heavy (non-hydrogen) atoms. The highest BCUT2D eigenvalue weighted by Crippen LogP contribution is 2.13. The van der Waals surface area contributed by atoms with Gasteiger partial charge in [0, 0.05) is 17.8 Å². The number of nitro benzene ring substituents is 1. The number of non-ortho nitro benzene ring substituents is 1. The Bertz CT molecular complexity index is 723. The Kier molecular flexibility index (Phi) is 5.03. The van der Waals surface area contributed by atoms with Crippen LogP contribution in [-0.4, -0.2) is 23.4 Å². The summed E-state index contributed by atoms with van der Waals surface area (Å²) in [5, 5.41) is 13.1. The summed E-state index contributed by atoms with van der Waals surface area (Å²) in [5.74, 6) is -1.19. The second-order valence-corrected chi connectivity index (χ2v) is 4.79. The zero-order valence-electron chi connectivity index (χ0n) is 12.3. The molecule has 0 aliphatic carbocycles. The largest absolute Gasteiger partial charge is 0.452 e. The number of amides is 1. The molecule has 0 radical (unpaired) electrons. The molecule has 0 aliphatic heterocycles. The van der Waals surface area contributed by atoms with E-state index in [4.69, 9.17) is 4.74 Å². The molecule has 0 heterocycles. The van der Waals surface area contributed by atoms with Crippen molar-refractivity contribution in [3.63, 3.8) is 0 Å². The maximum Gasteiger partial charge on any atom is 0.338 e. The van der Waals surface area contributed by atoms with Gasteiger partial charge in [0.2, 0.25) is 0 Å². The van der Waals surface area contributed by atoms with Crippen LogP contribution in [0.2, 0.25) is 0 Å². The maximum atomic E-state index is 11.8. The van der Waals surface area contributed by atoms with Crippen molar-refractivity contribution in [1.82, 2.24) is 0 Å². The van der Waals surface area contributed by atoms with Crippen LogP contribution in [0.1, 0.15) is 15.9 Å². The molecule has 0 unspecified atom stereocenters. The van der Waals surface area contributed by atoms with E-state index in [1.54, 1.807) is 12.1 Å². The number of esters is 1. The third-order valence-corrected chi connectivity index (χ3v) is 2.98. The molecule has 2 aromatic rings. The number of aryl methyl sites for hydroxylation is 1. The molecule has 1 amide bonds. The molecule has 0 atom stereocenters. The number of nitro groups is 1. The standard InChI is InChI=1S/C16H14N2O5/c1-11-2-6-13(7-3-11)17-15(19)10-23-16(20)12-4-8-14(9-5-12)18(21)22/h2-9H,10H2,1H3,(H,17,19). The van der Waals surface area contributed by atoms with E-state index in [1.165, 1.54) is 24.3 Å². The van der Waals surface area contributed by atoms with Gasteiger partial charge in [-0.2, -0.15) is 0 Å². The summed E-state index contributed by atoms with van der Waals surface area (Å²) in [6, 6.07) is 12.1. The first-order valence-corrected chi connectivity index (χ1v) is 6.74. The lowest BCUT2D eigenvalue weighted by molar-refractivity contribution is -0.384. The summed E-state index contributed by atoms with van der Waals surface area (Å²) in [6.45, 7) is 1.49. The van der Waals surface area contributed by atoms with E-state index in [-0.39, 0.29) is 11.3 Å². The predicted octanol–water partition coefficient (Wildman–Crippen LogP) is 2.70. The summed E-state index contributed by atoms with van der Waals surface area (Å²) in [5.41, 5.74) is 1.68. The SMILES string of the molecule is Cc1ccc(NC(=O)COC(=O)c2ccc([N+](=O)[O-])cc2)cc1. The van der Waals surface area contributed by atoms with Crippen molar-refractivity contribution in [2.45, 2.75) is 6.92 Å². The van der Waals surface area contributed by atoms with Crippen LogP contribution < -0.4 is 5.32 Å². The topological polar surface area (TPSA) is 98.5 Å². The first-order valence-electron chi connectivity index (χ1n) is 6.74. The van der Waals surface area contributed by atoms with Crippen molar-refractivity contribution >= 4 is 23.3 Å². The molecule has 0 aromatic heterocycles. The van der Waals surface area contributed by atoms with Gasteiger partial charge in [0.25, 0.3) is 11.6 Å². The second kappa shape index (κ2) is 7.17. The minimum absolute atomic E-state index is 0.126. The van der Waals surface area contributed by atoms with Gasteiger partial charge in [0.1, 0.15) is 0 Å². The van der Waals surface area contributed by atoms with Gasteiger partial charge in [0.15, 0.2) is 6.61 Å². The van der Waals surface area contributed by atoms with Gasteiger partial charge < -0.3 is 10.1 Å². The number of carbonyl (C=O) groups excluding carboxylic acids is 2. The lowest BCUT2D eigenvalue weighted by atomic mass is 10.2. The maximum absolute atomic E-state index is 11.8. The van der Waals surface area contributed by atoms with Crippen molar-refractivity contribution in [3.8, 4) is 0 Å². The fourth-order valence-corrected chi connectivity index (χ4v) is 1.77. The summed E-state index contributed by atoms with van der Waals surface area (Å²) < 4.78 is 4.87. The highest BCUT2D eigenvalue weighted by Gasteiger charge is 2.12. The number of nitrogens with one attached hydrogen (secondary N) is 1. The Morgan fingerprint density at radius 3 is 2.26 bits per heavy atom. The molecular weight excluding hydrogens is 300 g/mol. The first kappa shape index (κ1) is 16.2. The fourth-order valence-electron chi connectivity index (χ4n) is 1.77. The van der Waals surface area contributed by atoms with Crippen molar-refractivity contribution in [2.75, 3.05) is 11.9 Å². The molecule has 118 valence electrons. The van der Waals surface area contributed by atoms with Crippen LogP contribution in [0, 0.1) is 17.0 Å². The Morgan fingerprint density at radius 2 is 1.70 bits per heavy atom. The number of carbonyl (C=O) groups is 2. The number of nitrogens with zero attached hydrogens (tertiary/aromatic N) is 1. The van der Waals surface area contributed by atoms with Gasteiger partial charge in [-0.05, 0) is 31.2 Å². The molecule has 2 rings (SSSR count). The number of anilines is 1. The van der Waals surface area contributed by atoms with Crippen molar-refractivity contribution in [1.29, 1.82) is 0 Å². The normalized spacial score (nSPS) is 9.96. The van der Waals surface area contributed by atoms with E-state index < -0.39 is 23.4 Å². The zero-order valence-corrected chi connectivity index (χ0v) is 12.3. The fraction of sp³-hybridized carbons (Fsp3) is 0.125. The van der Waals surface area contributed by atoms with Crippen LogP contribution in [0.15, 0.2) is 48.5 Å². The zero-order chi connectivity index (χ0) is 16.8. The molecule has 2 aromatic carbocycles. The van der Waals surface area contributed by atoms with Gasteiger partial charge in [-0.1, -0.05) is 17.7 Å². The van der Waals surface area contributed by atoms with Crippen LogP contribution in [-0.2, 0) is 9.53 Å². The third kappa shape index (κ3) is 4.63.